The Morgan fingerprint density at radius 3 is 2.44 bits per heavy atom. The molecule has 5 aromatic rings. The van der Waals surface area contributed by atoms with Crippen LogP contribution >= 0.6 is 0 Å². The summed E-state index contributed by atoms with van der Waals surface area (Å²) >= 11 is 0. The van der Waals surface area contributed by atoms with Gasteiger partial charge in [0.2, 0.25) is 5.88 Å². The van der Waals surface area contributed by atoms with Crippen molar-refractivity contribution in [1.29, 1.82) is 0 Å². The topological polar surface area (TPSA) is 145 Å². The number of carbonyl (C=O) groups excluding carboxylic acids is 1. The van der Waals surface area contributed by atoms with Crippen LogP contribution in [-0.2, 0) is 9.47 Å². The molecule has 4 aromatic heterocycles. The first-order chi connectivity index (χ1) is 23.3. The monoisotopic (exact) mass is 659 g/mol. The van der Waals surface area contributed by atoms with Gasteiger partial charge in [0.25, 0.3) is 17.3 Å². The van der Waals surface area contributed by atoms with Crippen molar-refractivity contribution >= 4 is 22.6 Å². The van der Waals surface area contributed by atoms with Gasteiger partial charge in [-0.2, -0.15) is 0 Å². The number of nitrogens with one attached hydrogen (secondary N) is 1. The smallest absolute Gasteiger partial charge is 0.268 e. The quantitative estimate of drug-likeness (QED) is 0.150. The van der Waals surface area contributed by atoms with Gasteiger partial charge in [-0.15, -0.1) is 0 Å². The number of nitrogens with zero attached hydrogens (tertiary/aromatic N) is 4. The number of anilines is 1. The van der Waals surface area contributed by atoms with Crippen molar-refractivity contribution in [3.63, 3.8) is 0 Å². The number of aryl methyl sites for hydroxylation is 1. The third-order valence-electron chi connectivity index (χ3n) is 6.98. The van der Waals surface area contributed by atoms with Crippen LogP contribution in [0.2, 0.25) is 0 Å². The normalized spacial score (nSPS) is 10.9. The summed E-state index contributed by atoms with van der Waals surface area (Å²) < 4.78 is 49.3. The highest BCUT2D eigenvalue weighted by Crippen LogP contribution is 2.35. The van der Waals surface area contributed by atoms with E-state index in [1.54, 1.807) is 31.2 Å². The number of amides is 1. The fourth-order valence-corrected chi connectivity index (χ4v) is 4.68. The van der Waals surface area contributed by atoms with E-state index in [4.69, 9.17) is 28.4 Å². The second-order valence-electron chi connectivity index (χ2n) is 10.1. The number of aromatic nitrogens is 4. The van der Waals surface area contributed by atoms with Crippen LogP contribution in [-0.4, -0.2) is 72.7 Å². The Morgan fingerprint density at radius 1 is 0.875 bits per heavy atom. The average molecular weight is 660 g/mol. The molecule has 1 aromatic carbocycles. The zero-order valence-electron chi connectivity index (χ0n) is 26.8. The fourth-order valence-electron chi connectivity index (χ4n) is 4.68. The van der Waals surface area contributed by atoms with Crippen molar-refractivity contribution in [2.75, 3.05) is 52.6 Å². The maximum absolute atomic E-state index is 15.2. The lowest BCUT2D eigenvalue weighted by atomic mass is 10.2. The van der Waals surface area contributed by atoms with E-state index >= 15 is 4.39 Å². The molecular weight excluding hydrogens is 625 g/mol. The summed E-state index contributed by atoms with van der Waals surface area (Å²) in [6.07, 6.45) is 3.00. The summed E-state index contributed by atoms with van der Waals surface area (Å²) in [7, 11) is 2.93. The molecule has 0 aliphatic carbocycles. The summed E-state index contributed by atoms with van der Waals surface area (Å²) in [5, 5.41) is 2.59. The lowest BCUT2D eigenvalue weighted by Gasteiger charge is -2.14. The van der Waals surface area contributed by atoms with E-state index in [1.807, 2.05) is 6.92 Å². The number of halogens is 1. The Kier molecular flexibility index (Phi) is 11.1. The lowest BCUT2D eigenvalue weighted by molar-refractivity contribution is 0.0399. The Labute approximate surface area is 275 Å². The summed E-state index contributed by atoms with van der Waals surface area (Å²) in [6.45, 7) is 5.80. The summed E-state index contributed by atoms with van der Waals surface area (Å²) in [6, 6.07) is 13.3. The molecule has 0 unspecified atom stereocenters. The maximum Gasteiger partial charge on any atom is 0.268 e. The molecule has 250 valence electrons. The van der Waals surface area contributed by atoms with Crippen LogP contribution in [0, 0.1) is 12.7 Å². The van der Waals surface area contributed by atoms with Crippen LogP contribution in [0.4, 0.5) is 10.1 Å². The zero-order chi connectivity index (χ0) is 34.0. The van der Waals surface area contributed by atoms with Crippen LogP contribution in [0.25, 0.3) is 16.7 Å². The molecule has 1 N–H and O–H groups in total. The number of benzene rings is 1. The fraction of sp³-hybridized carbons (Fsp3) is 0.265. The number of ether oxygens (including phenoxy) is 6. The van der Waals surface area contributed by atoms with Crippen molar-refractivity contribution in [2.45, 2.75) is 13.8 Å². The number of rotatable bonds is 15. The second-order valence-corrected chi connectivity index (χ2v) is 10.1. The van der Waals surface area contributed by atoms with Crippen LogP contribution in [0.5, 0.6) is 29.0 Å². The molecule has 48 heavy (non-hydrogen) atoms. The number of methoxy groups -OCH3 is 2. The van der Waals surface area contributed by atoms with E-state index in [9.17, 15) is 9.59 Å². The molecule has 0 aliphatic heterocycles. The first kappa shape index (κ1) is 33.8. The molecule has 0 radical (unpaired) electrons. The molecule has 0 bridgehead atoms. The second kappa shape index (κ2) is 15.8. The van der Waals surface area contributed by atoms with Gasteiger partial charge in [-0.1, -0.05) is 0 Å². The first-order valence-corrected chi connectivity index (χ1v) is 15.0. The highest BCUT2D eigenvalue weighted by Gasteiger charge is 2.18. The molecule has 5 rings (SSSR count). The van der Waals surface area contributed by atoms with Crippen molar-refractivity contribution in [1.82, 2.24) is 19.5 Å². The SMILES string of the molecule is CCOCCOCCOc1cc(-n2c(C)ccc(C(=O)Nc3ccc(Oc4ccnc5cc(OC)c(OC)nc45)c(F)c3)c2=O)ccn1. The van der Waals surface area contributed by atoms with Crippen molar-refractivity contribution in [3.8, 4) is 34.7 Å². The minimum Gasteiger partial charge on any atom is -0.491 e. The standard InChI is InChI=1S/C34H34FN5O8/c1-5-45-14-15-46-16-17-47-30-19-23(10-12-37-30)40-21(2)6-8-24(34(40)42)32(41)38-22-7-9-27(25(35)18-22)48-28-11-13-36-26-20-29(43-3)33(44-4)39-31(26)28/h6-13,18-20H,5,14-17H2,1-4H3,(H,38,41). The molecule has 0 aliphatic rings. The number of hydrogen-bond donors (Lipinski definition) is 1. The number of fused-ring (bicyclic) bond motifs is 1. The van der Waals surface area contributed by atoms with Crippen LogP contribution < -0.4 is 29.8 Å². The maximum atomic E-state index is 15.2. The number of carbonyl (C=O) groups is 1. The molecule has 0 atom stereocenters. The van der Waals surface area contributed by atoms with Crippen molar-refractivity contribution < 1.29 is 37.6 Å². The van der Waals surface area contributed by atoms with Crippen LogP contribution in [0.1, 0.15) is 23.0 Å². The van der Waals surface area contributed by atoms with E-state index in [0.29, 0.717) is 54.6 Å². The van der Waals surface area contributed by atoms with E-state index in [2.05, 4.69) is 20.3 Å². The Balaban J connectivity index is 1.29. The molecule has 0 spiro atoms. The molecule has 0 fully saturated rings. The Hall–Kier alpha value is -5.60. The minimum atomic E-state index is -0.761. The van der Waals surface area contributed by atoms with Gasteiger partial charge in [-0.05, 0) is 44.2 Å². The highest BCUT2D eigenvalue weighted by molar-refractivity contribution is 6.04. The molecule has 1 amide bonds. The van der Waals surface area contributed by atoms with Crippen molar-refractivity contribution in [2.24, 2.45) is 0 Å². The summed E-state index contributed by atoms with van der Waals surface area (Å²) in [4.78, 5) is 39.6. The Morgan fingerprint density at radius 2 is 1.67 bits per heavy atom. The average Bonchev–Trinajstić information content (AvgIpc) is 3.08. The van der Waals surface area contributed by atoms with Crippen LogP contribution in [0.15, 0.2) is 71.8 Å². The molecule has 0 saturated heterocycles. The van der Waals surface area contributed by atoms with Gasteiger partial charge in [-0.25, -0.2) is 14.4 Å². The molecule has 0 saturated carbocycles. The van der Waals surface area contributed by atoms with Gasteiger partial charge < -0.3 is 33.7 Å². The summed E-state index contributed by atoms with van der Waals surface area (Å²) in [5.41, 5.74) is 1.20. The van der Waals surface area contributed by atoms with Gasteiger partial charge in [0.1, 0.15) is 17.7 Å². The van der Waals surface area contributed by atoms with Gasteiger partial charge in [0.15, 0.2) is 23.1 Å². The van der Waals surface area contributed by atoms with Crippen molar-refractivity contribution in [3.05, 3.63) is 94.4 Å². The molecule has 14 heteroatoms. The first-order valence-electron chi connectivity index (χ1n) is 15.0. The largest absolute Gasteiger partial charge is 0.491 e. The Bertz CT molecular complexity index is 1970. The highest BCUT2D eigenvalue weighted by atomic mass is 19.1. The van der Waals surface area contributed by atoms with Gasteiger partial charge in [-0.3, -0.25) is 19.1 Å². The van der Waals surface area contributed by atoms with Crippen LogP contribution in [0.3, 0.4) is 0 Å². The van der Waals surface area contributed by atoms with Gasteiger partial charge >= 0.3 is 0 Å². The third kappa shape index (κ3) is 7.85. The van der Waals surface area contributed by atoms with E-state index in [0.717, 1.165) is 6.07 Å². The van der Waals surface area contributed by atoms with E-state index in [1.165, 1.54) is 55.4 Å². The van der Waals surface area contributed by atoms with E-state index in [-0.39, 0.29) is 41.1 Å². The van der Waals surface area contributed by atoms with E-state index < -0.39 is 17.3 Å². The summed E-state index contributed by atoms with van der Waals surface area (Å²) in [5.74, 6) is -0.495. The number of pyridine rings is 4. The molecule has 13 nitrogen and oxygen atoms in total. The zero-order valence-corrected chi connectivity index (χ0v) is 26.8. The minimum absolute atomic E-state index is 0.114. The predicted octanol–water partition coefficient (Wildman–Crippen LogP) is 5.12. The van der Waals surface area contributed by atoms with Gasteiger partial charge in [0.05, 0.1) is 45.2 Å². The number of hydrogen-bond acceptors (Lipinski definition) is 11. The molecular formula is C34H34FN5O8. The predicted molar refractivity (Wildman–Crippen MR) is 174 cm³/mol. The molecule has 4 heterocycles. The van der Waals surface area contributed by atoms with Gasteiger partial charge in [0, 0.05) is 54.6 Å². The lowest BCUT2D eigenvalue weighted by Crippen LogP contribution is -2.29. The third-order valence-corrected chi connectivity index (χ3v) is 6.98.